The lowest BCUT2D eigenvalue weighted by molar-refractivity contribution is 0.491. The van der Waals surface area contributed by atoms with Crippen LogP contribution in [0.4, 0.5) is 0 Å². The highest BCUT2D eigenvalue weighted by Crippen LogP contribution is 2.40. The van der Waals surface area contributed by atoms with Gasteiger partial charge in [0.25, 0.3) is 0 Å². The summed E-state index contributed by atoms with van der Waals surface area (Å²) in [5, 5.41) is 3.38. The first-order valence-electron chi connectivity index (χ1n) is 5.92. The van der Waals surface area contributed by atoms with Crippen molar-refractivity contribution in [2.75, 3.05) is 0 Å². The zero-order valence-electron chi connectivity index (χ0n) is 10.1. The maximum Gasteiger partial charge on any atom is 0.0743 e. The van der Waals surface area contributed by atoms with Crippen molar-refractivity contribution in [3.8, 4) is 12.3 Å². The number of terminal acetylenes is 1. The van der Waals surface area contributed by atoms with Crippen molar-refractivity contribution >= 4 is 0 Å². The van der Waals surface area contributed by atoms with E-state index in [2.05, 4.69) is 35.5 Å². The van der Waals surface area contributed by atoms with Crippen molar-refractivity contribution in [2.24, 2.45) is 0 Å². The van der Waals surface area contributed by atoms with Gasteiger partial charge in [0.15, 0.2) is 0 Å². The zero-order valence-corrected chi connectivity index (χ0v) is 10.1. The Bertz CT molecular complexity index is 408. The summed E-state index contributed by atoms with van der Waals surface area (Å²) in [5.74, 6) is 3.57. The number of rotatable bonds is 4. The van der Waals surface area contributed by atoms with Crippen LogP contribution in [0.15, 0.2) is 24.3 Å². The van der Waals surface area contributed by atoms with Gasteiger partial charge in [0, 0.05) is 6.54 Å². The number of benzene rings is 1. The Labute approximate surface area is 98.3 Å². The number of hydrogen-bond donors (Lipinski definition) is 1. The van der Waals surface area contributed by atoms with Crippen LogP contribution in [0.2, 0.25) is 0 Å². The van der Waals surface area contributed by atoms with Crippen molar-refractivity contribution < 1.29 is 0 Å². The minimum atomic E-state index is -0.227. The molecule has 0 spiro atoms. The maximum atomic E-state index is 5.45. The van der Waals surface area contributed by atoms with Gasteiger partial charge in [0.1, 0.15) is 0 Å². The molecule has 0 unspecified atom stereocenters. The van der Waals surface area contributed by atoms with Crippen LogP contribution in [0.5, 0.6) is 0 Å². The molecule has 1 aliphatic rings. The second-order valence-corrected chi connectivity index (χ2v) is 5.14. The molecule has 0 amide bonds. The molecule has 1 aromatic rings. The Kier molecular flexibility index (Phi) is 3.03. The van der Waals surface area contributed by atoms with Crippen LogP contribution in [0.3, 0.4) is 0 Å². The van der Waals surface area contributed by atoms with E-state index >= 15 is 0 Å². The lowest BCUT2D eigenvalue weighted by Gasteiger charge is -2.19. The summed E-state index contributed by atoms with van der Waals surface area (Å²) in [6.45, 7) is 4.90. The van der Waals surface area contributed by atoms with Crippen LogP contribution >= 0.6 is 0 Å². The van der Waals surface area contributed by atoms with Gasteiger partial charge in [0.05, 0.1) is 5.54 Å². The smallest absolute Gasteiger partial charge is 0.0743 e. The predicted molar refractivity (Wildman–Crippen MR) is 68.2 cm³/mol. The fourth-order valence-electron chi connectivity index (χ4n) is 1.75. The van der Waals surface area contributed by atoms with Gasteiger partial charge in [-0.1, -0.05) is 30.2 Å². The summed E-state index contributed by atoms with van der Waals surface area (Å²) in [6.07, 6.45) is 8.15. The van der Waals surface area contributed by atoms with E-state index in [0.717, 1.165) is 12.5 Å². The van der Waals surface area contributed by atoms with Gasteiger partial charge in [-0.3, -0.25) is 5.32 Å². The molecule has 2 rings (SSSR count). The molecule has 16 heavy (non-hydrogen) atoms. The molecule has 84 valence electrons. The number of hydrogen-bond acceptors (Lipinski definition) is 1. The fraction of sp³-hybridized carbons (Fsp3) is 0.467. The van der Waals surface area contributed by atoms with Gasteiger partial charge in [-0.25, -0.2) is 0 Å². The largest absolute Gasteiger partial charge is 0.298 e. The van der Waals surface area contributed by atoms with E-state index in [4.69, 9.17) is 6.42 Å². The molecule has 0 bridgehead atoms. The summed E-state index contributed by atoms with van der Waals surface area (Å²) >= 11 is 0. The highest BCUT2D eigenvalue weighted by atomic mass is 14.9. The molecule has 0 aromatic heterocycles. The van der Waals surface area contributed by atoms with Crippen LogP contribution in [-0.4, -0.2) is 5.54 Å². The maximum absolute atomic E-state index is 5.45. The van der Waals surface area contributed by atoms with Crippen LogP contribution in [0, 0.1) is 12.3 Å². The lowest BCUT2D eigenvalue weighted by Crippen LogP contribution is -2.36. The van der Waals surface area contributed by atoms with Crippen LogP contribution in [0.1, 0.15) is 43.7 Å². The average Bonchev–Trinajstić information content (AvgIpc) is 3.11. The minimum Gasteiger partial charge on any atom is -0.298 e. The first-order chi connectivity index (χ1) is 7.61. The van der Waals surface area contributed by atoms with E-state index in [1.165, 1.54) is 24.0 Å². The third kappa shape index (κ3) is 2.87. The third-order valence-corrected chi connectivity index (χ3v) is 3.10. The monoisotopic (exact) mass is 213 g/mol. The number of nitrogens with one attached hydrogen (secondary N) is 1. The lowest BCUT2D eigenvalue weighted by atomic mass is 10.0. The Hall–Kier alpha value is -1.26. The van der Waals surface area contributed by atoms with E-state index < -0.39 is 0 Å². The molecule has 1 N–H and O–H groups in total. The molecule has 1 saturated carbocycles. The van der Waals surface area contributed by atoms with E-state index in [9.17, 15) is 0 Å². The topological polar surface area (TPSA) is 12.0 Å². The SMILES string of the molecule is C#CC(C)(C)NCc1cccc(C2CC2)c1. The van der Waals surface area contributed by atoms with E-state index in [1.807, 2.05) is 13.8 Å². The van der Waals surface area contributed by atoms with Gasteiger partial charge >= 0.3 is 0 Å². The van der Waals surface area contributed by atoms with Crippen LogP contribution in [-0.2, 0) is 6.54 Å². The highest BCUT2D eigenvalue weighted by molar-refractivity contribution is 5.29. The van der Waals surface area contributed by atoms with Gasteiger partial charge < -0.3 is 0 Å². The standard InChI is InChI=1S/C15H19N/c1-4-15(2,3)16-11-12-6-5-7-14(10-12)13-8-9-13/h1,5-7,10,13,16H,8-9,11H2,2-3H3. The molecule has 1 fully saturated rings. The molecule has 1 nitrogen and oxygen atoms in total. The summed E-state index contributed by atoms with van der Waals surface area (Å²) in [6, 6.07) is 8.84. The second kappa shape index (κ2) is 4.31. The Morgan fingerprint density at radius 2 is 2.19 bits per heavy atom. The average molecular weight is 213 g/mol. The molecule has 0 atom stereocenters. The summed E-state index contributed by atoms with van der Waals surface area (Å²) in [4.78, 5) is 0. The predicted octanol–water partition coefficient (Wildman–Crippen LogP) is 3.07. The minimum absolute atomic E-state index is 0.227. The molecule has 1 aliphatic carbocycles. The van der Waals surface area contributed by atoms with E-state index in [1.54, 1.807) is 0 Å². The quantitative estimate of drug-likeness (QED) is 0.758. The van der Waals surface area contributed by atoms with Gasteiger partial charge in [-0.2, -0.15) is 0 Å². The normalized spacial score (nSPS) is 15.8. The molecule has 0 aliphatic heterocycles. The molecule has 0 radical (unpaired) electrons. The molecular formula is C15H19N. The Morgan fingerprint density at radius 3 is 2.81 bits per heavy atom. The molecule has 1 heteroatoms. The molecular weight excluding hydrogens is 194 g/mol. The van der Waals surface area contributed by atoms with E-state index in [0.29, 0.717) is 0 Å². The highest BCUT2D eigenvalue weighted by Gasteiger charge is 2.23. The first kappa shape index (κ1) is 11.2. The molecule has 0 saturated heterocycles. The summed E-state index contributed by atoms with van der Waals surface area (Å²) < 4.78 is 0. The van der Waals surface area contributed by atoms with Crippen molar-refractivity contribution in [1.29, 1.82) is 0 Å². The van der Waals surface area contributed by atoms with Crippen molar-refractivity contribution in [1.82, 2.24) is 5.32 Å². The van der Waals surface area contributed by atoms with E-state index in [-0.39, 0.29) is 5.54 Å². The van der Waals surface area contributed by atoms with Gasteiger partial charge in [-0.05, 0) is 43.7 Å². The second-order valence-electron chi connectivity index (χ2n) is 5.14. The van der Waals surface area contributed by atoms with Crippen LogP contribution < -0.4 is 5.32 Å². The van der Waals surface area contributed by atoms with Gasteiger partial charge in [-0.15, -0.1) is 6.42 Å². The summed E-state index contributed by atoms with van der Waals surface area (Å²) in [5.41, 5.74) is 2.58. The Balaban J connectivity index is 1.99. The van der Waals surface area contributed by atoms with Crippen molar-refractivity contribution in [2.45, 2.75) is 44.7 Å². The van der Waals surface area contributed by atoms with Crippen molar-refractivity contribution in [3.63, 3.8) is 0 Å². The molecule has 0 heterocycles. The van der Waals surface area contributed by atoms with Gasteiger partial charge in [0.2, 0.25) is 0 Å². The zero-order chi connectivity index (χ0) is 11.6. The fourth-order valence-corrected chi connectivity index (χ4v) is 1.75. The third-order valence-electron chi connectivity index (χ3n) is 3.10. The summed E-state index contributed by atoms with van der Waals surface area (Å²) in [7, 11) is 0. The van der Waals surface area contributed by atoms with Crippen LogP contribution in [0.25, 0.3) is 0 Å². The Morgan fingerprint density at radius 1 is 1.44 bits per heavy atom. The molecule has 1 aromatic carbocycles. The first-order valence-corrected chi connectivity index (χ1v) is 5.92. The van der Waals surface area contributed by atoms with Crippen molar-refractivity contribution in [3.05, 3.63) is 35.4 Å².